The number of ether oxygens (including phenoxy) is 3. The molecular weight excluding hydrogens is 282 g/mol. The lowest BCUT2D eigenvalue weighted by Gasteiger charge is -2.25. The molecule has 1 aliphatic rings. The average Bonchev–Trinajstić information content (AvgIpc) is 2.54. The number of hydrogen-bond acceptors (Lipinski definition) is 4. The van der Waals surface area contributed by atoms with E-state index in [2.05, 4.69) is 0 Å². The molecule has 22 heavy (non-hydrogen) atoms. The first kappa shape index (κ1) is 14.3. The van der Waals surface area contributed by atoms with E-state index in [1.54, 1.807) is 7.11 Å². The molecule has 2 N–H and O–H groups in total. The molecule has 114 valence electrons. The summed E-state index contributed by atoms with van der Waals surface area (Å²) in [4.78, 5) is 11.0. The van der Waals surface area contributed by atoms with Gasteiger partial charge in [-0.05, 0) is 29.3 Å². The van der Waals surface area contributed by atoms with Crippen LogP contribution in [-0.4, -0.2) is 19.8 Å². The molecule has 1 amide bonds. The smallest absolute Gasteiger partial charge is 0.405 e. The van der Waals surface area contributed by atoms with Gasteiger partial charge in [0, 0.05) is 12.0 Å². The Bertz CT molecular complexity index is 699. The van der Waals surface area contributed by atoms with Crippen molar-refractivity contribution in [3.8, 4) is 22.6 Å². The summed E-state index contributed by atoms with van der Waals surface area (Å²) in [5, 5.41) is 0. The van der Waals surface area contributed by atoms with Gasteiger partial charge in [0.2, 0.25) is 0 Å². The van der Waals surface area contributed by atoms with Crippen LogP contribution in [0.3, 0.4) is 0 Å². The van der Waals surface area contributed by atoms with E-state index in [1.807, 2.05) is 42.5 Å². The van der Waals surface area contributed by atoms with Crippen LogP contribution in [0.15, 0.2) is 42.5 Å². The van der Waals surface area contributed by atoms with Crippen molar-refractivity contribution in [1.82, 2.24) is 0 Å². The highest BCUT2D eigenvalue weighted by atomic mass is 16.6. The Morgan fingerprint density at radius 2 is 2.05 bits per heavy atom. The maximum atomic E-state index is 11.0. The molecule has 2 aromatic rings. The second kappa shape index (κ2) is 5.97. The van der Waals surface area contributed by atoms with Gasteiger partial charge < -0.3 is 19.9 Å². The summed E-state index contributed by atoms with van der Waals surface area (Å²) in [6.07, 6.45) is -0.510. The van der Waals surface area contributed by atoms with E-state index in [9.17, 15) is 4.79 Å². The molecule has 1 atom stereocenters. The lowest BCUT2D eigenvalue weighted by Crippen LogP contribution is -2.22. The summed E-state index contributed by atoms with van der Waals surface area (Å²) in [5.41, 5.74) is 8.00. The Hall–Kier alpha value is -2.69. The quantitative estimate of drug-likeness (QED) is 0.944. The Balaban J connectivity index is 1.94. The predicted octanol–water partition coefficient (Wildman–Crippen LogP) is 3.28. The average molecular weight is 299 g/mol. The molecule has 0 fully saturated rings. The number of nitrogens with two attached hydrogens (primary N) is 1. The molecule has 0 saturated carbocycles. The van der Waals surface area contributed by atoms with Crippen molar-refractivity contribution >= 4 is 6.09 Å². The second-order valence-corrected chi connectivity index (χ2v) is 5.05. The van der Waals surface area contributed by atoms with E-state index in [0.717, 1.165) is 28.2 Å². The van der Waals surface area contributed by atoms with Gasteiger partial charge in [0.15, 0.2) is 0 Å². The number of rotatable bonds is 3. The number of fused-ring (bicyclic) bond motifs is 1. The Labute approximate surface area is 128 Å². The van der Waals surface area contributed by atoms with Crippen LogP contribution in [0.1, 0.15) is 18.1 Å². The summed E-state index contributed by atoms with van der Waals surface area (Å²) in [6.45, 7) is 0.493. The summed E-state index contributed by atoms with van der Waals surface area (Å²) in [6, 6.07) is 13.6. The Morgan fingerprint density at radius 1 is 1.23 bits per heavy atom. The third-order valence-electron chi connectivity index (χ3n) is 3.66. The molecule has 0 radical (unpaired) electrons. The van der Waals surface area contributed by atoms with E-state index >= 15 is 0 Å². The summed E-state index contributed by atoms with van der Waals surface area (Å²) < 4.78 is 16.1. The lowest BCUT2D eigenvalue weighted by molar-refractivity contribution is 0.0766. The van der Waals surface area contributed by atoms with Crippen LogP contribution < -0.4 is 15.2 Å². The summed E-state index contributed by atoms with van der Waals surface area (Å²) in [5.74, 6) is 1.52. The van der Waals surface area contributed by atoms with Gasteiger partial charge in [-0.3, -0.25) is 0 Å². The van der Waals surface area contributed by atoms with Crippen LogP contribution >= 0.6 is 0 Å². The highest BCUT2D eigenvalue weighted by molar-refractivity contribution is 5.68. The number of carbonyl (C=O) groups is 1. The van der Waals surface area contributed by atoms with Crippen molar-refractivity contribution in [2.24, 2.45) is 5.73 Å². The maximum absolute atomic E-state index is 11.0. The van der Waals surface area contributed by atoms with E-state index in [4.69, 9.17) is 19.9 Å². The van der Waals surface area contributed by atoms with E-state index in [1.165, 1.54) is 0 Å². The number of benzene rings is 2. The molecule has 1 heterocycles. The molecule has 1 unspecified atom stereocenters. The van der Waals surface area contributed by atoms with Crippen LogP contribution in [0.5, 0.6) is 11.5 Å². The van der Waals surface area contributed by atoms with Gasteiger partial charge in [0.05, 0.1) is 13.7 Å². The molecular formula is C17H17NO4. The normalized spacial score (nSPS) is 16.3. The zero-order valence-corrected chi connectivity index (χ0v) is 12.2. The number of methoxy groups -OCH3 is 1. The fourth-order valence-corrected chi connectivity index (χ4v) is 2.60. The molecule has 2 aromatic carbocycles. The van der Waals surface area contributed by atoms with E-state index < -0.39 is 6.09 Å². The van der Waals surface area contributed by atoms with Gasteiger partial charge in [-0.2, -0.15) is 0 Å². The van der Waals surface area contributed by atoms with Crippen LogP contribution in [0, 0.1) is 0 Å². The molecule has 1 aliphatic heterocycles. The first-order chi connectivity index (χ1) is 10.7. The van der Waals surface area contributed by atoms with Crippen molar-refractivity contribution in [3.05, 3.63) is 48.0 Å². The monoisotopic (exact) mass is 299 g/mol. The minimum absolute atomic E-state index is 0.347. The fraction of sp³-hybridized carbons (Fsp3) is 0.235. The zero-order chi connectivity index (χ0) is 15.5. The standard InChI is InChI=1S/C17H17NO4/c1-20-13-4-2-3-11(9-13)12-5-6-14-15(22-17(18)19)7-8-21-16(14)10-12/h2-6,9-10,15H,7-8H2,1H3,(H2,18,19). The van der Waals surface area contributed by atoms with E-state index in [-0.39, 0.29) is 6.10 Å². The van der Waals surface area contributed by atoms with Crippen molar-refractivity contribution in [3.63, 3.8) is 0 Å². The van der Waals surface area contributed by atoms with Crippen LogP contribution in [-0.2, 0) is 4.74 Å². The van der Waals surface area contributed by atoms with Crippen molar-refractivity contribution in [2.75, 3.05) is 13.7 Å². The Morgan fingerprint density at radius 3 is 2.82 bits per heavy atom. The van der Waals surface area contributed by atoms with Gasteiger partial charge in [-0.1, -0.05) is 24.3 Å². The van der Waals surface area contributed by atoms with Crippen molar-refractivity contribution in [2.45, 2.75) is 12.5 Å². The lowest BCUT2D eigenvalue weighted by atomic mass is 9.98. The highest BCUT2D eigenvalue weighted by Crippen LogP contribution is 2.37. The molecule has 3 rings (SSSR count). The first-order valence-electron chi connectivity index (χ1n) is 7.04. The molecule has 5 nitrogen and oxygen atoms in total. The largest absolute Gasteiger partial charge is 0.497 e. The van der Waals surface area contributed by atoms with Crippen LogP contribution in [0.25, 0.3) is 11.1 Å². The summed E-state index contributed by atoms with van der Waals surface area (Å²) >= 11 is 0. The number of amides is 1. The highest BCUT2D eigenvalue weighted by Gasteiger charge is 2.24. The molecule has 0 aliphatic carbocycles. The molecule has 0 aromatic heterocycles. The first-order valence-corrected chi connectivity index (χ1v) is 7.04. The maximum Gasteiger partial charge on any atom is 0.405 e. The Kier molecular flexibility index (Phi) is 3.87. The number of carbonyl (C=O) groups excluding carboxylic acids is 1. The SMILES string of the molecule is COc1cccc(-c2ccc3c(c2)OCCC3OC(N)=O)c1. The predicted molar refractivity (Wildman–Crippen MR) is 82.0 cm³/mol. The van der Waals surface area contributed by atoms with Gasteiger partial charge in [-0.15, -0.1) is 0 Å². The fourth-order valence-electron chi connectivity index (χ4n) is 2.60. The second-order valence-electron chi connectivity index (χ2n) is 5.05. The molecule has 0 spiro atoms. The van der Waals surface area contributed by atoms with Gasteiger partial charge in [0.25, 0.3) is 0 Å². The third kappa shape index (κ3) is 2.83. The zero-order valence-electron chi connectivity index (χ0n) is 12.2. The van der Waals surface area contributed by atoms with Crippen LogP contribution in [0.4, 0.5) is 4.79 Å². The minimum Gasteiger partial charge on any atom is -0.497 e. The topological polar surface area (TPSA) is 70.8 Å². The van der Waals surface area contributed by atoms with E-state index in [0.29, 0.717) is 13.0 Å². The van der Waals surface area contributed by atoms with Crippen molar-refractivity contribution < 1.29 is 19.0 Å². The molecule has 5 heteroatoms. The number of hydrogen-bond donors (Lipinski definition) is 1. The van der Waals surface area contributed by atoms with Gasteiger partial charge >= 0.3 is 6.09 Å². The van der Waals surface area contributed by atoms with Crippen molar-refractivity contribution in [1.29, 1.82) is 0 Å². The summed E-state index contributed by atoms with van der Waals surface area (Å²) in [7, 11) is 1.64. The third-order valence-corrected chi connectivity index (χ3v) is 3.66. The van der Waals surface area contributed by atoms with Gasteiger partial charge in [0.1, 0.15) is 17.6 Å². The number of primary amides is 1. The molecule has 0 saturated heterocycles. The molecule has 0 bridgehead atoms. The van der Waals surface area contributed by atoms with Gasteiger partial charge in [-0.25, -0.2) is 4.79 Å². The minimum atomic E-state index is -0.769. The van der Waals surface area contributed by atoms with Crippen LogP contribution in [0.2, 0.25) is 0 Å².